The molecular weight excluding hydrogens is 325 g/mol. The van der Waals surface area contributed by atoms with Crippen molar-refractivity contribution in [2.45, 2.75) is 37.8 Å². The molecule has 0 unspecified atom stereocenters. The number of rotatable bonds is 5. The Kier molecular flexibility index (Phi) is 5.42. The molecule has 1 aromatic heterocycles. The Balaban J connectivity index is 1.50. The molecule has 1 amide bonds. The first-order valence-electron chi connectivity index (χ1n) is 8.24. The molecule has 1 aliphatic carbocycles. The number of nitrogens with zero attached hydrogens (tertiary/aromatic N) is 2. The summed E-state index contributed by atoms with van der Waals surface area (Å²) in [5.74, 6) is -0.0451. The number of nitrogens with one attached hydrogen (secondary N) is 1. The maximum absolute atomic E-state index is 13.7. The van der Waals surface area contributed by atoms with Crippen LogP contribution in [0.25, 0.3) is 0 Å². The molecule has 1 fully saturated rings. The van der Waals surface area contributed by atoms with Gasteiger partial charge in [-0.1, -0.05) is 12.1 Å². The van der Waals surface area contributed by atoms with Crippen LogP contribution >= 0.6 is 0 Å². The second kappa shape index (κ2) is 7.92. The molecular formula is C18H20FN3O3. The summed E-state index contributed by atoms with van der Waals surface area (Å²) in [6, 6.07) is 6.01. The average Bonchev–Trinajstić information content (AvgIpc) is 2.64. The molecule has 1 N–H and O–H groups in total. The summed E-state index contributed by atoms with van der Waals surface area (Å²) in [7, 11) is 1.53. The van der Waals surface area contributed by atoms with E-state index in [1.807, 2.05) is 0 Å². The smallest absolute Gasteiger partial charge is 0.254 e. The van der Waals surface area contributed by atoms with Crippen molar-refractivity contribution < 1.29 is 18.7 Å². The van der Waals surface area contributed by atoms with Crippen LogP contribution in [0.4, 0.5) is 4.39 Å². The van der Waals surface area contributed by atoms with Crippen LogP contribution in [-0.2, 0) is 0 Å². The second-order valence-corrected chi connectivity index (χ2v) is 5.94. The predicted octanol–water partition coefficient (Wildman–Crippen LogP) is 2.74. The molecule has 1 saturated carbocycles. The molecule has 25 heavy (non-hydrogen) atoms. The van der Waals surface area contributed by atoms with Gasteiger partial charge in [-0.3, -0.25) is 9.78 Å². The minimum absolute atomic E-state index is 0.0167. The van der Waals surface area contributed by atoms with Crippen molar-refractivity contribution in [3.8, 4) is 11.8 Å². The van der Waals surface area contributed by atoms with Crippen molar-refractivity contribution in [1.82, 2.24) is 15.3 Å². The highest BCUT2D eigenvalue weighted by Gasteiger charge is 2.25. The SMILES string of the molecule is COc1cncc(OC2CCC(NC(=O)c3ccccc3F)CC2)n1. The fraction of sp³-hybridized carbons (Fsp3) is 0.389. The summed E-state index contributed by atoms with van der Waals surface area (Å²) < 4.78 is 24.5. The standard InChI is InChI=1S/C18H20FN3O3/c1-24-16-10-20-11-17(22-16)25-13-8-6-12(7-9-13)21-18(23)14-4-2-3-5-15(14)19/h2-5,10-13H,6-9H2,1H3,(H,21,23). The number of hydrogen-bond donors (Lipinski definition) is 1. The summed E-state index contributed by atoms with van der Waals surface area (Å²) in [5.41, 5.74) is 0.0764. The summed E-state index contributed by atoms with van der Waals surface area (Å²) in [5, 5.41) is 2.90. The van der Waals surface area contributed by atoms with Gasteiger partial charge in [0, 0.05) is 6.04 Å². The molecule has 2 aromatic rings. The Morgan fingerprint density at radius 1 is 1.16 bits per heavy atom. The molecule has 7 heteroatoms. The summed E-state index contributed by atoms with van der Waals surface area (Å²) in [6.45, 7) is 0. The van der Waals surface area contributed by atoms with Crippen molar-refractivity contribution in [1.29, 1.82) is 0 Å². The Labute approximate surface area is 145 Å². The van der Waals surface area contributed by atoms with Gasteiger partial charge in [-0.25, -0.2) is 4.39 Å². The van der Waals surface area contributed by atoms with E-state index in [4.69, 9.17) is 9.47 Å². The van der Waals surface area contributed by atoms with Crippen LogP contribution < -0.4 is 14.8 Å². The normalized spacial score (nSPS) is 19.9. The van der Waals surface area contributed by atoms with Crippen molar-refractivity contribution >= 4 is 5.91 Å². The van der Waals surface area contributed by atoms with Gasteiger partial charge in [0.05, 0.1) is 25.1 Å². The van der Waals surface area contributed by atoms with Gasteiger partial charge in [0.25, 0.3) is 5.91 Å². The maximum Gasteiger partial charge on any atom is 0.254 e. The first-order valence-corrected chi connectivity index (χ1v) is 8.24. The van der Waals surface area contributed by atoms with Gasteiger partial charge in [0.2, 0.25) is 11.8 Å². The Morgan fingerprint density at radius 2 is 1.88 bits per heavy atom. The molecule has 0 aliphatic heterocycles. The summed E-state index contributed by atoms with van der Waals surface area (Å²) >= 11 is 0. The lowest BCUT2D eigenvalue weighted by molar-refractivity contribution is 0.0885. The van der Waals surface area contributed by atoms with Crippen LogP contribution in [0.15, 0.2) is 36.7 Å². The third-order valence-corrected chi connectivity index (χ3v) is 4.21. The first kappa shape index (κ1) is 17.1. The quantitative estimate of drug-likeness (QED) is 0.902. The lowest BCUT2D eigenvalue weighted by Crippen LogP contribution is -2.40. The molecule has 1 heterocycles. The van der Waals surface area contributed by atoms with Gasteiger partial charge in [-0.2, -0.15) is 4.98 Å². The van der Waals surface area contributed by atoms with Gasteiger partial charge < -0.3 is 14.8 Å². The molecule has 3 rings (SSSR count). The summed E-state index contributed by atoms with van der Waals surface area (Å²) in [4.78, 5) is 20.4. The average molecular weight is 345 g/mol. The van der Waals surface area contributed by atoms with E-state index in [2.05, 4.69) is 15.3 Å². The molecule has 0 spiro atoms. The highest BCUT2D eigenvalue weighted by Crippen LogP contribution is 2.24. The van der Waals surface area contributed by atoms with E-state index in [-0.39, 0.29) is 23.6 Å². The zero-order valence-electron chi connectivity index (χ0n) is 13.9. The van der Waals surface area contributed by atoms with Crippen LogP contribution in [0.1, 0.15) is 36.0 Å². The zero-order valence-corrected chi connectivity index (χ0v) is 13.9. The van der Waals surface area contributed by atoms with Crippen LogP contribution in [0.3, 0.4) is 0 Å². The van der Waals surface area contributed by atoms with Crippen LogP contribution in [0.2, 0.25) is 0 Å². The van der Waals surface area contributed by atoms with E-state index in [0.29, 0.717) is 11.8 Å². The van der Waals surface area contributed by atoms with E-state index >= 15 is 0 Å². The Hall–Kier alpha value is -2.70. The van der Waals surface area contributed by atoms with E-state index in [1.165, 1.54) is 25.4 Å². The number of carbonyl (C=O) groups is 1. The molecule has 0 bridgehead atoms. The summed E-state index contributed by atoms with van der Waals surface area (Å²) in [6.07, 6.45) is 6.17. The van der Waals surface area contributed by atoms with Crippen molar-refractivity contribution in [3.63, 3.8) is 0 Å². The fourth-order valence-electron chi connectivity index (χ4n) is 2.89. The number of aromatic nitrogens is 2. The number of methoxy groups -OCH3 is 1. The molecule has 1 aliphatic rings. The van der Waals surface area contributed by atoms with Gasteiger partial charge in [-0.05, 0) is 37.8 Å². The highest BCUT2D eigenvalue weighted by molar-refractivity contribution is 5.94. The second-order valence-electron chi connectivity index (χ2n) is 5.94. The molecule has 6 nitrogen and oxygen atoms in total. The fourth-order valence-corrected chi connectivity index (χ4v) is 2.89. The third kappa shape index (κ3) is 4.43. The van der Waals surface area contributed by atoms with E-state index in [1.54, 1.807) is 18.3 Å². The molecule has 1 aromatic carbocycles. The van der Waals surface area contributed by atoms with Crippen molar-refractivity contribution in [3.05, 3.63) is 48.0 Å². The number of halogens is 1. The maximum atomic E-state index is 13.7. The van der Waals surface area contributed by atoms with Gasteiger partial charge in [0.15, 0.2) is 0 Å². The monoisotopic (exact) mass is 345 g/mol. The Morgan fingerprint density at radius 3 is 2.60 bits per heavy atom. The van der Waals surface area contributed by atoms with Crippen molar-refractivity contribution in [2.75, 3.05) is 7.11 Å². The lowest BCUT2D eigenvalue weighted by atomic mass is 9.92. The van der Waals surface area contributed by atoms with Crippen LogP contribution in [0.5, 0.6) is 11.8 Å². The predicted molar refractivity (Wildman–Crippen MR) is 89.1 cm³/mol. The number of ether oxygens (including phenoxy) is 2. The van der Waals surface area contributed by atoms with E-state index in [9.17, 15) is 9.18 Å². The van der Waals surface area contributed by atoms with E-state index in [0.717, 1.165) is 25.7 Å². The Bertz CT molecular complexity index is 733. The topological polar surface area (TPSA) is 73.3 Å². The van der Waals surface area contributed by atoms with Gasteiger partial charge in [-0.15, -0.1) is 0 Å². The highest BCUT2D eigenvalue weighted by atomic mass is 19.1. The van der Waals surface area contributed by atoms with Crippen LogP contribution in [-0.4, -0.2) is 35.1 Å². The minimum atomic E-state index is -0.506. The molecule has 0 saturated heterocycles. The first-order chi connectivity index (χ1) is 12.2. The number of carbonyl (C=O) groups excluding carboxylic acids is 1. The largest absolute Gasteiger partial charge is 0.480 e. The third-order valence-electron chi connectivity index (χ3n) is 4.21. The van der Waals surface area contributed by atoms with Crippen molar-refractivity contribution in [2.24, 2.45) is 0 Å². The lowest BCUT2D eigenvalue weighted by Gasteiger charge is -2.29. The number of hydrogen-bond acceptors (Lipinski definition) is 5. The molecule has 0 radical (unpaired) electrons. The van der Waals surface area contributed by atoms with Crippen LogP contribution in [0, 0.1) is 5.82 Å². The molecule has 0 atom stereocenters. The molecule has 132 valence electrons. The zero-order chi connectivity index (χ0) is 17.6. The number of benzene rings is 1. The van der Waals surface area contributed by atoms with Gasteiger partial charge >= 0.3 is 0 Å². The number of amides is 1. The van der Waals surface area contributed by atoms with E-state index < -0.39 is 5.82 Å². The minimum Gasteiger partial charge on any atom is -0.480 e. The van der Waals surface area contributed by atoms with Gasteiger partial charge in [0.1, 0.15) is 11.9 Å².